The van der Waals surface area contributed by atoms with Crippen molar-refractivity contribution in [2.75, 3.05) is 18.8 Å². The highest BCUT2D eigenvalue weighted by Crippen LogP contribution is 2.31. The van der Waals surface area contributed by atoms with Crippen LogP contribution in [0.5, 0.6) is 0 Å². The molecule has 18 heavy (non-hydrogen) atoms. The van der Waals surface area contributed by atoms with Crippen LogP contribution >= 0.6 is 27.7 Å². The third-order valence-corrected chi connectivity index (χ3v) is 5.12. The van der Waals surface area contributed by atoms with Crippen LogP contribution in [0.2, 0.25) is 0 Å². The zero-order valence-corrected chi connectivity index (χ0v) is 13.5. The van der Waals surface area contributed by atoms with Crippen LogP contribution in [0.4, 0.5) is 0 Å². The number of hydrogen-bond acceptors (Lipinski definition) is 2. The predicted molar refractivity (Wildman–Crippen MR) is 80.2 cm³/mol. The maximum absolute atomic E-state index is 12.5. The number of hydrogen-bond donors (Lipinski definition) is 0. The van der Waals surface area contributed by atoms with E-state index in [2.05, 4.69) is 29.8 Å². The van der Waals surface area contributed by atoms with E-state index in [1.54, 1.807) is 0 Å². The lowest BCUT2D eigenvalue weighted by atomic mass is 10.1. The van der Waals surface area contributed by atoms with E-state index in [0.29, 0.717) is 0 Å². The van der Waals surface area contributed by atoms with E-state index in [9.17, 15) is 4.79 Å². The molecule has 0 aromatic carbocycles. The normalized spacial score (nSPS) is 19.7. The van der Waals surface area contributed by atoms with Crippen molar-refractivity contribution in [2.45, 2.75) is 25.0 Å². The van der Waals surface area contributed by atoms with Gasteiger partial charge in [-0.15, -0.1) is 0 Å². The molecule has 0 saturated carbocycles. The Morgan fingerprint density at radius 3 is 2.78 bits per heavy atom. The Kier molecular flexibility index (Phi) is 4.11. The molecule has 0 spiro atoms. The summed E-state index contributed by atoms with van der Waals surface area (Å²) in [5, 5.41) is 0. The second kappa shape index (κ2) is 5.29. The monoisotopic (exact) mass is 330 g/mol. The number of aryl methyl sites for hydroxylation is 1. The summed E-state index contributed by atoms with van der Waals surface area (Å²) in [5.41, 5.74) is 0.756. The van der Waals surface area contributed by atoms with Gasteiger partial charge in [0.15, 0.2) is 0 Å². The number of nitrogens with zero attached hydrogens (tertiary/aromatic N) is 2. The highest BCUT2D eigenvalue weighted by Gasteiger charge is 2.27. The highest BCUT2D eigenvalue weighted by atomic mass is 79.9. The molecular formula is C13H19BrN2OS. The van der Waals surface area contributed by atoms with Gasteiger partial charge in [-0.2, -0.15) is 11.8 Å². The second-order valence-electron chi connectivity index (χ2n) is 5.30. The maximum atomic E-state index is 12.5. The van der Waals surface area contributed by atoms with Gasteiger partial charge in [0.05, 0.1) is 0 Å². The summed E-state index contributed by atoms with van der Waals surface area (Å²) in [6.45, 7) is 6.20. The van der Waals surface area contributed by atoms with Gasteiger partial charge < -0.3 is 9.47 Å². The Bertz CT molecular complexity index is 456. The van der Waals surface area contributed by atoms with Gasteiger partial charge in [0, 0.05) is 41.3 Å². The summed E-state index contributed by atoms with van der Waals surface area (Å²) < 4.78 is 3.12. The fraction of sp³-hybridized carbons (Fsp3) is 0.615. The Morgan fingerprint density at radius 1 is 1.44 bits per heavy atom. The smallest absolute Gasteiger partial charge is 0.270 e. The van der Waals surface area contributed by atoms with Gasteiger partial charge in [0.25, 0.3) is 5.91 Å². The van der Waals surface area contributed by atoms with Crippen molar-refractivity contribution < 1.29 is 4.79 Å². The van der Waals surface area contributed by atoms with Crippen molar-refractivity contribution >= 4 is 33.6 Å². The zero-order chi connectivity index (χ0) is 13.3. The molecule has 1 aliphatic heterocycles. The largest absolute Gasteiger partial charge is 0.345 e. The fourth-order valence-electron chi connectivity index (χ4n) is 2.12. The summed E-state index contributed by atoms with van der Waals surface area (Å²) in [4.78, 5) is 14.4. The maximum Gasteiger partial charge on any atom is 0.270 e. The number of carbonyl (C=O) groups excluding carboxylic acids is 1. The third-order valence-electron chi connectivity index (χ3n) is 3.32. The van der Waals surface area contributed by atoms with Crippen LogP contribution < -0.4 is 0 Å². The van der Waals surface area contributed by atoms with Crippen LogP contribution in [-0.2, 0) is 7.05 Å². The lowest BCUT2D eigenvalue weighted by Gasteiger charge is -2.22. The second-order valence-corrected chi connectivity index (χ2v) is 8.02. The SMILES string of the molecule is Cn1cc(Br)cc1C(=O)N1CCSC(C)(C)CC1. The van der Waals surface area contributed by atoms with E-state index in [4.69, 9.17) is 0 Å². The number of amides is 1. The molecule has 1 saturated heterocycles. The first kappa shape index (κ1) is 14.0. The van der Waals surface area contributed by atoms with Gasteiger partial charge in [0.1, 0.15) is 5.69 Å². The molecule has 3 nitrogen and oxygen atoms in total. The Labute approximate surface area is 121 Å². The van der Waals surface area contributed by atoms with Gasteiger partial charge in [-0.1, -0.05) is 13.8 Å². The average Bonchev–Trinajstić information content (AvgIpc) is 2.50. The van der Waals surface area contributed by atoms with Crippen LogP contribution in [0.25, 0.3) is 0 Å². The summed E-state index contributed by atoms with van der Waals surface area (Å²) in [5.74, 6) is 1.16. The molecule has 100 valence electrons. The van der Waals surface area contributed by atoms with Crippen molar-refractivity contribution in [1.29, 1.82) is 0 Å². The van der Waals surface area contributed by atoms with Gasteiger partial charge in [0.2, 0.25) is 0 Å². The first-order valence-electron chi connectivity index (χ1n) is 6.14. The molecule has 1 fully saturated rings. The van der Waals surface area contributed by atoms with E-state index < -0.39 is 0 Å². The van der Waals surface area contributed by atoms with Crippen LogP contribution in [0, 0.1) is 0 Å². The Balaban J connectivity index is 2.12. The minimum atomic E-state index is 0.140. The van der Waals surface area contributed by atoms with Crippen molar-refractivity contribution in [3.8, 4) is 0 Å². The minimum Gasteiger partial charge on any atom is -0.345 e. The van der Waals surface area contributed by atoms with Crippen LogP contribution in [-0.4, -0.2) is 39.0 Å². The van der Waals surface area contributed by atoms with Crippen LogP contribution in [0.3, 0.4) is 0 Å². The molecular weight excluding hydrogens is 312 g/mol. The predicted octanol–water partition coefficient (Wildman–Crippen LogP) is 3.15. The first-order valence-corrected chi connectivity index (χ1v) is 7.92. The zero-order valence-electron chi connectivity index (χ0n) is 11.1. The van der Waals surface area contributed by atoms with Crippen molar-refractivity contribution in [3.63, 3.8) is 0 Å². The van der Waals surface area contributed by atoms with Gasteiger partial charge in [-0.3, -0.25) is 4.79 Å². The van der Waals surface area contributed by atoms with Gasteiger partial charge in [-0.05, 0) is 28.4 Å². The Morgan fingerprint density at radius 2 is 2.17 bits per heavy atom. The van der Waals surface area contributed by atoms with Gasteiger partial charge in [-0.25, -0.2) is 0 Å². The van der Waals surface area contributed by atoms with Crippen LogP contribution in [0.15, 0.2) is 16.7 Å². The molecule has 2 heterocycles. The molecule has 2 rings (SSSR count). The topological polar surface area (TPSA) is 25.2 Å². The standard InChI is InChI=1S/C13H19BrN2OS/c1-13(2)4-5-16(6-7-18-13)12(17)11-8-10(14)9-15(11)3/h8-9H,4-7H2,1-3H3. The molecule has 0 atom stereocenters. The summed E-state index contributed by atoms with van der Waals surface area (Å²) in [7, 11) is 1.91. The minimum absolute atomic E-state index is 0.140. The molecule has 0 N–H and O–H groups in total. The number of carbonyl (C=O) groups is 1. The number of rotatable bonds is 1. The van der Waals surface area contributed by atoms with E-state index in [-0.39, 0.29) is 10.7 Å². The molecule has 1 aromatic heterocycles. The fourth-order valence-corrected chi connectivity index (χ4v) is 3.75. The summed E-state index contributed by atoms with van der Waals surface area (Å²) >= 11 is 5.37. The average molecular weight is 331 g/mol. The lowest BCUT2D eigenvalue weighted by molar-refractivity contribution is 0.0755. The molecule has 1 aliphatic rings. The summed E-state index contributed by atoms with van der Waals surface area (Å²) in [6.07, 6.45) is 2.97. The van der Waals surface area contributed by atoms with Crippen LogP contribution in [0.1, 0.15) is 30.8 Å². The van der Waals surface area contributed by atoms with E-state index >= 15 is 0 Å². The van der Waals surface area contributed by atoms with E-state index in [1.165, 1.54) is 0 Å². The highest BCUT2D eigenvalue weighted by molar-refractivity contribution is 9.10. The molecule has 0 unspecified atom stereocenters. The quantitative estimate of drug-likeness (QED) is 0.790. The van der Waals surface area contributed by atoms with Crippen molar-refractivity contribution in [3.05, 3.63) is 22.4 Å². The molecule has 0 bridgehead atoms. The van der Waals surface area contributed by atoms with Crippen molar-refractivity contribution in [2.24, 2.45) is 7.05 Å². The number of thioether (sulfide) groups is 1. The summed E-state index contributed by atoms with van der Waals surface area (Å²) in [6, 6.07) is 1.89. The third kappa shape index (κ3) is 3.12. The first-order chi connectivity index (χ1) is 8.39. The molecule has 1 amide bonds. The lowest BCUT2D eigenvalue weighted by Crippen LogP contribution is -2.34. The molecule has 1 aromatic rings. The Hall–Kier alpha value is -0.420. The number of aromatic nitrogens is 1. The van der Waals surface area contributed by atoms with E-state index in [1.807, 2.05) is 40.5 Å². The molecule has 5 heteroatoms. The van der Waals surface area contributed by atoms with E-state index in [0.717, 1.165) is 35.4 Å². The number of halogens is 1. The van der Waals surface area contributed by atoms with Gasteiger partial charge >= 0.3 is 0 Å². The molecule has 0 aliphatic carbocycles. The molecule has 0 radical (unpaired) electrons. The van der Waals surface area contributed by atoms with Crippen molar-refractivity contribution in [1.82, 2.24) is 9.47 Å².